The Hall–Kier alpha value is 1.06. The Morgan fingerprint density at radius 3 is 2.38 bits per heavy atom. The Morgan fingerprint density at radius 1 is 1.38 bits per heavy atom. The molecule has 1 saturated heterocycles. The van der Waals surface area contributed by atoms with Crippen molar-refractivity contribution < 1.29 is 30.9 Å². The van der Waals surface area contributed by atoms with Crippen molar-refractivity contribution in [1.82, 2.24) is 0 Å². The molecular weight excluding hydrogens is 195 g/mol. The number of hydrogen-bond acceptors (Lipinski definition) is 1. The van der Waals surface area contributed by atoms with E-state index < -0.39 is 0 Å². The largest absolute Gasteiger partial charge is 0.383 e. The third-order valence-corrected chi connectivity index (χ3v) is 2.32. The molecule has 0 radical (unpaired) electrons. The number of ether oxygens (including phenoxy) is 1. The van der Waals surface area contributed by atoms with Crippen molar-refractivity contribution in [3.63, 3.8) is 0 Å². The molecule has 0 spiro atoms. The summed E-state index contributed by atoms with van der Waals surface area (Å²) in [4.78, 5) is 0. The fourth-order valence-corrected chi connectivity index (χ4v) is 1.55. The van der Waals surface area contributed by atoms with Gasteiger partial charge in [0.1, 0.15) is 0 Å². The molecule has 0 aromatic carbocycles. The van der Waals surface area contributed by atoms with Gasteiger partial charge in [0.15, 0.2) is 0 Å². The molecule has 1 fully saturated rings. The summed E-state index contributed by atoms with van der Waals surface area (Å²) in [6, 6.07) is 0. The van der Waals surface area contributed by atoms with Crippen LogP contribution in [0.3, 0.4) is 0 Å². The summed E-state index contributed by atoms with van der Waals surface area (Å²) in [7, 11) is 1.23. The number of rotatable bonds is 0. The fraction of sp³-hybridized carbons (Fsp3) is 1.00. The zero-order valence-corrected chi connectivity index (χ0v) is 9.77. The van der Waals surface area contributed by atoms with Crippen LogP contribution in [0, 0.1) is 0 Å². The molecule has 0 aromatic rings. The molecule has 0 aromatic heterocycles. The van der Waals surface area contributed by atoms with Gasteiger partial charge in [-0.25, -0.2) is 0 Å². The van der Waals surface area contributed by atoms with Crippen molar-refractivity contribution in [2.45, 2.75) is 25.0 Å². The van der Waals surface area contributed by atoms with E-state index in [1.807, 2.05) is 0 Å². The summed E-state index contributed by atoms with van der Waals surface area (Å²) < 4.78 is 5.34. The Balaban J connectivity index is 0.000000490. The Labute approximate surface area is 72.7 Å². The van der Waals surface area contributed by atoms with Crippen LogP contribution in [0.1, 0.15) is 19.3 Å². The zero-order chi connectivity index (χ0) is 5.11. The third-order valence-electron chi connectivity index (χ3n) is 1.41. The van der Waals surface area contributed by atoms with Crippen LogP contribution in [0.4, 0.5) is 0 Å². The van der Waals surface area contributed by atoms with Gasteiger partial charge in [-0.1, -0.05) is 0 Å². The van der Waals surface area contributed by atoms with E-state index in [1.54, 1.807) is 0 Å². The molecule has 1 unspecified atom stereocenters. The van der Waals surface area contributed by atoms with E-state index in [0.29, 0.717) is 5.73 Å². The second-order valence-electron chi connectivity index (χ2n) is 2.18. The van der Waals surface area contributed by atoms with Crippen molar-refractivity contribution in [3.8, 4) is 0 Å². The van der Waals surface area contributed by atoms with Crippen LogP contribution in [0.15, 0.2) is 0 Å². The minimum absolute atomic E-state index is 0. The van der Waals surface area contributed by atoms with Crippen LogP contribution in [0.2, 0.25) is 0 Å². The first-order valence-electron chi connectivity index (χ1n) is 3.01. The molecule has 8 heavy (non-hydrogen) atoms. The molecule has 0 saturated carbocycles. The standard InChI is InChI=1S/C5H12OSi.Zr/c7-5-3-1-2-4-6-5;/h5H,1-4H2,7H3;. The van der Waals surface area contributed by atoms with Gasteiger partial charge in [0.05, 0.1) is 0 Å². The molecule has 1 aliphatic heterocycles. The fourth-order valence-electron chi connectivity index (χ4n) is 0.902. The van der Waals surface area contributed by atoms with E-state index in [4.69, 9.17) is 4.74 Å². The maximum absolute atomic E-state index is 5.34. The quantitative estimate of drug-likeness (QED) is 0.503. The molecule has 46 valence electrons. The van der Waals surface area contributed by atoms with Crippen molar-refractivity contribution in [2.24, 2.45) is 0 Å². The maximum Gasteiger partial charge on any atom is 0.0465 e. The second-order valence-corrected chi connectivity index (χ2v) is 3.47. The van der Waals surface area contributed by atoms with Crippen LogP contribution in [0.25, 0.3) is 0 Å². The molecule has 1 heterocycles. The molecule has 1 aliphatic rings. The van der Waals surface area contributed by atoms with E-state index in [0.717, 1.165) is 6.61 Å². The van der Waals surface area contributed by atoms with E-state index >= 15 is 0 Å². The molecule has 1 nitrogen and oxygen atoms in total. The maximum atomic E-state index is 5.34. The molecular formula is C5H12OSiZr. The van der Waals surface area contributed by atoms with Crippen molar-refractivity contribution in [3.05, 3.63) is 0 Å². The smallest absolute Gasteiger partial charge is 0.0465 e. The van der Waals surface area contributed by atoms with Gasteiger partial charge in [-0.2, -0.15) is 0 Å². The number of hydrogen-bond donors (Lipinski definition) is 0. The van der Waals surface area contributed by atoms with Crippen LogP contribution >= 0.6 is 0 Å². The summed E-state index contributed by atoms with van der Waals surface area (Å²) in [5.41, 5.74) is 0.675. The SMILES string of the molecule is [SiH3]C1CCCCO1.[Zr]. The summed E-state index contributed by atoms with van der Waals surface area (Å²) in [5.74, 6) is 0. The second kappa shape index (κ2) is 4.89. The first kappa shape index (κ1) is 9.06. The van der Waals surface area contributed by atoms with Gasteiger partial charge in [0.25, 0.3) is 0 Å². The zero-order valence-electron chi connectivity index (χ0n) is 5.31. The molecule has 1 rings (SSSR count). The van der Waals surface area contributed by atoms with Crippen molar-refractivity contribution in [2.75, 3.05) is 6.61 Å². The van der Waals surface area contributed by atoms with E-state index in [-0.39, 0.29) is 26.2 Å². The van der Waals surface area contributed by atoms with Crippen molar-refractivity contribution >= 4 is 10.2 Å². The summed E-state index contributed by atoms with van der Waals surface area (Å²) in [6.07, 6.45) is 4.01. The van der Waals surface area contributed by atoms with Gasteiger partial charge < -0.3 is 4.74 Å². The van der Waals surface area contributed by atoms with E-state index in [1.165, 1.54) is 29.5 Å². The van der Waals surface area contributed by atoms with Gasteiger partial charge in [0, 0.05) is 48.8 Å². The predicted octanol–water partition coefficient (Wildman–Crippen LogP) is -0.124. The monoisotopic (exact) mass is 206 g/mol. The van der Waals surface area contributed by atoms with Gasteiger partial charge in [-0.05, 0) is 19.3 Å². The minimum atomic E-state index is 0. The molecule has 0 amide bonds. The van der Waals surface area contributed by atoms with Gasteiger partial charge >= 0.3 is 0 Å². The van der Waals surface area contributed by atoms with Gasteiger partial charge in [-0.15, -0.1) is 0 Å². The Morgan fingerprint density at radius 2 is 2.12 bits per heavy atom. The van der Waals surface area contributed by atoms with Gasteiger partial charge in [0.2, 0.25) is 0 Å². The summed E-state index contributed by atoms with van der Waals surface area (Å²) in [5, 5.41) is 0. The molecule has 0 N–H and O–H groups in total. The van der Waals surface area contributed by atoms with E-state index in [9.17, 15) is 0 Å². The van der Waals surface area contributed by atoms with Crippen LogP contribution < -0.4 is 0 Å². The van der Waals surface area contributed by atoms with Gasteiger partial charge in [-0.3, -0.25) is 0 Å². The first-order chi connectivity index (χ1) is 3.39. The minimum Gasteiger partial charge on any atom is -0.383 e. The van der Waals surface area contributed by atoms with Crippen molar-refractivity contribution in [1.29, 1.82) is 0 Å². The van der Waals surface area contributed by atoms with E-state index in [2.05, 4.69) is 0 Å². The topological polar surface area (TPSA) is 9.23 Å². The molecule has 3 heteroatoms. The third kappa shape index (κ3) is 3.16. The predicted molar refractivity (Wildman–Crippen MR) is 33.5 cm³/mol. The molecule has 0 bridgehead atoms. The van der Waals surface area contributed by atoms with Crippen LogP contribution in [-0.2, 0) is 30.9 Å². The average molecular weight is 207 g/mol. The Bertz CT molecular complexity index is 54.4. The molecule has 0 aliphatic carbocycles. The van der Waals surface area contributed by atoms with Crippen LogP contribution in [-0.4, -0.2) is 22.6 Å². The van der Waals surface area contributed by atoms with Crippen LogP contribution in [0.5, 0.6) is 0 Å². The summed E-state index contributed by atoms with van der Waals surface area (Å²) >= 11 is 0. The molecule has 1 atom stereocenters. The normalized spacial score (nSPS) is 29.2. The Kier molecular flexibility index (Phi) is 5.54. The first-order valence-corrected chi connectivity index (χ1v) is 4.16. The summed E-state index contributed by atoms with van der Waals surface area (Å²) in [6.45, 7) is 1.02. The average Bonchev–Trinajstić information content (AvgIpc) is 1.69.